The predicted octanol–water partition coefficient (Wildman–Crippen LogP) is 1.99. The summed E-state index contributed by atoms with van der Waals surface area (Å²) in [6, 6.07) is 0. The fourth-order valence-corrected chi connectivity index (χ4v) is 3.65. The van der Waals surface area contributed by atoms with Gasteiger partial charge in [0.05, 0.1) is 17.7 Å². The Labute approximate surface area is 117 Å². The first-order valence-corrected chi connectivity index (χ1v) is 7.73. The average molecular weight is 284 g/mol. The number of carboxylic acid groups (broad SMARTS) is 1. The van der Waals surface area contributed by atoms with Gasteiger partial charge in [-0.25, -0.2) is 4.68 Å². The van der Waals surface area contributed by atoms with Gasteiger partial charge in [0.15, 0.2) is 5.82 Å². The van der Waals surface area contributed by atoms with Gasteiger partial charge >= 0.3 is 5.97 Å². The highest BCUT2D eigenvalue weighted by Gasteiger charge is 2.27. The van der Waals surface area contributed by atoms with Crippen molar-refractivity contribution < 1.29 is 9.90 Å². The molecule has 0 aromatic carbocycles. The molecule has 7 heteroatoms. The van der Waals surface area contributed by atoms with E-state index < -0.39 is 11.9 Å². The van der Waals surface area contributed by atoms with Gasteiger partial charge in [-0.2, -0.15) is 11.8 Å². The van der Waals surface area contributed by atoms with Crippen molar-refractivity contribution in [1.82, 2.24) is 20.2 Å². The maximum atomic E-state index is 11.3. The van der Waals surface area contributed by atoms with E-state index in [1.807, 2.05) is 25.6 Å². The summed E-state index contributed by atoms with van der Waals surface area (Å²) < 4.78 is 1.68. The normalized spacial score (nSPS) is 20.9. The second-order valence-corrected chi connectivity index (χ2v) is 6.70. The molecule has 1 aliphatic heterocycles. The van der Waals surface area contributed by atoms with Crippen LogP contribution in [0, 0.1) is 11.8 Å². The third-order valence-electron chi connectivity index (χ3n) is 3.28. The SMILES string of the molecule is CC(C)CC(Cn1nnnc1C1CCCS1)C(=O)O. The van der Waals surface area contributed by atoms with E-state index in [0.29, 0.717) is 24.1 Å². The molecule has 106 valence electrons. The first kappa shape index (κ1) is 14.3. The standard InChI is InChI=1S/C12H20N4O2S/c1-8(2)6-9(12(17)18)7-16-11(13-14-15-16)10-4-3-5-19-10/h8-10H,3-7H2,1-2H3,(H,17,18). The molecule has 19 heavy (non-hydrogen) atoms. The zero-order chi connectivity index (χ0) is 13.8. The monoisotopic (exact) mass is 284 g/mol. The molecule has 1 N–H and O–H groups in total. The van der Waals surface area contributed by atoms with E-state index >= 15 is 0 Å². The largest absolute Gasteiger partial charge is 0.481 e. The van der Waals surface area contributed by atoms with E-state index in [4.69, 9.17) is 0 Å². The number of carbonyl (C=O) groups is 1. The third-order valence-corrected chi connectivity index (χ3v) is 4.65. The van der Waals surface area contributed by atoms with Crippen molar-refractivity contribution in [3.8, 4) is 0 Å². The summed E-state index contributed by atoms with van der Waals surface area (Å²) in [7, 11) is 0. The van der Waals surface area contributed by atoms with Gasteiger partial charge in [-0.15, -0.1) is 5.10 Å². The smallest absolute Gasteiger partial charge is 0.308 e. The van der Waals surface area contributed by atoms with Crippen LogP contribution in [0.5, 0.6) is 0 Å². The van der Waals surface area contributed by atoms with Crippen LogP contribution in [0.15, 0.2) is 0 Å². The van der Waals surface area contributed by atoms with E-state index in [9.17, 15) is 9.90 Å². The lowest BCUT2D eigenvalue weighted by Gasteiger charge is -2.16. The Kier molecular flexibility index (Phi) is 4.79. The Morgan fingerprint density at radius 2 is 2.37 bits per heavy atom. The number of tetrazole rings is 1. The van der Waals surface area contributed by atoms with Crippen molar-refractivity contribution in [3.05, 3.63) is 5.82 Å². The second kappa shape index (κ2) is 6.36. The van der Waals surface area contributed by atoms with Gasteiger partial charge in [0.25, 0.3) is 0 Å². The van der Waals surface area contributed by atoms with Crippen molar-refractivity contribution in [2.45, 2.75) is 44.9 Å². The van der Waals surface area contributed by atoms with Crippen LogP contribution in [-0.4, -0.2) is 37.0 Å². The average Bonchev–Trinajstić information content (AvgIpc) is 2.96. The van der Waals surface area contributed by atoms with E-state index in [1.165, 1.54) is 6.42 Å². The number of aliphatic carboxylic acids is 1. The summed E-state index contributed by atoms with van der Waals surface area (Å²) in [5, 5.41) is 21.4. The lowest BCUT2D eigenvalue weighted by molar-refractivity contribution is -0.142. The Hall–Kier alpha value is -1.11. The topological polar surface area (TPSA) is 80.9 Å². The zero-order valence-electron chi connectivity index (χ0n) is 11.3. The van der Waals surface area contributed by atoms with Crippen LogP contribution in [-0.2, 0) is 11.3 Å². The third kappa shape index (κ3) is 3.68. The number of rotatable bonds is 6. The highest BCUT2D eigenvalue weighted by Crippen LogP contribution is 2.38. The molecular formula is C12H20N4O2S. The van der Waals surface area contributed by atoms with Gasteiger partial charge in [-0.05, 0) is 41.4 Å². The van der Waals surface area contributed by atoms with Crippen LogP contribution in [0.4, 0.5) is 0 Å². The first-order chi connectivity index (χ1) is 9.08. The minimum absolute atomic E-state index is 0.323. The number of hydrogen-bond donors (Lipinski definition) is 1. The minimum Gasteiger partial charge on any atom is -0.481 e. The van der Waals surface area contributed by atoms with Crippen LogP contribution in [0.2, 0.25) is 0 Å². The van der Waals surface area contributed by atoms with Crippen LogP contribution in [0.3, 0.4) is 0 Å². The molecule has 1 aromatic heterocycles. The van der Waals surface area contributed by atoms with Crippen LogP contribution in [0.25, 0.3) is 0 Å². The van der Waals surface area contributed by atoms with Gasteiger partial charge in [0.2, 0.25) is 0 Å². The molecule has 0 bridgehead atoms. The molecule has 1 saturated heterocycles. The Morgan fingerprint density at radius 3 is 2.95 bits per heavy atom. The molecule has 2 rings (SSSR count). The van der Waals surface area contributed by atoms with Gasteiger partial charge in [0.1, 0.15) is 0 Å². The van der Waals surface area contributed by atoms with Crippen LogP contribution >= 0.6 is 11.8 Å². The van der Waals surface area contributed by atoms with E-state index in [2.05, 4.69) is 15.5 Å². The van der Waals surface area contributed by atoms with Crippen molar-refractivity contribution in [1.29, 1.82) is 0 Å². The fraction of sp³-hybridized carbons (Fsp3) is 0.833. The Balaban J connectivity index is 2.08. The number of hydrogen-bond acceptors (Lipinski definition) is 5. The lowest BCUT2D eigenvalue weighted by atomic mass is 9.97. The minimum atomic E-state index is -0.769. The summed E-state index contributed by atoms with van der Waals surface area (Å²) >= 11 is 1.85. The molecule has 0 amide bonds. The number of aromatic nitrogens is 4. The summed E-state index contributed by atoms with van der Waals surface area (Å²) in [6.45, 7) is 4.43. The van der Waals surface area contributed by atoms with E-state index in [0.717, 1.165) is 18.0 Å². The van der Waals surface area contributed by atoms with Gasteiger partial charge < -0.3 is 5.11 Å². The summed E-state index contributed by atoms with van der Waals surface area (Å²) in [5.74, 6) is 1.12. The molecule has 0 radical (unpaired) electrons. The second-order valence-electron chi connectivity index (χ2n) is 5.39. The van der Waals surface area contributed by atoms with Gasteiger partial charge in [0, 0.05) is 0 Å². The maximum Gasteiger partial charge on any atom is 0.308 e. The van der Waals surface area contributed by atoms with Gasteiger partial charge in [-0.1, -0.05) is 13.8 Å². The fourth-order valence-electron chi connectivity index (χ4n) is 2.38. The molecule has 2 heterocycles. The molecule has 1 fully saturated rings. The molecule has 0 aliphatic carbocycles. The van der Waals surface area contributed by atoms with Crippen molar-refractivity contribution in [3.63, 3.8) is 0 Å². The number of carboxylic acids is 1. The summed E-state index contributed by atoms with van der Waals surface area (Å²) in [4.78, 5) is 11.3. The van der Waals surface area contributed by atoms with Crippen molar-refractivity contribution in [2.24, 2.45) is 11.8 Å². The molecule has 2 unspecified atom stereocenters. The highest BCUT2D eigenvalue weighted by molar-refractivity contribution is 7.99. The highest BCUT2D eigenvalue weighted by atomic mass is 32.2. The summed E-state index contributed by atoms with van der Waals surface area (Å²) in [6.07, 6.45) is 2.90. The molecule has 0 saturated carbocycles. The number of thioether (sulfide) groups is 1. The molecule has 1 aromatic rings. The molecule has 2 atom stereocenters. The van der Waals surface area contributed by atoms with Crippen LogP contribution in [0.1, 0.15) is 44.2 Å². The first-order valence-electron chi connectivity index (χ1n) is 6.68. The van der Waals surface area contributed by atoms with Gasteiger partial charge in [-0.3, -0.25) is 4.79 Å². The summed E-state index contributed by atoms with van der Waals surface area (Å²) in [5.41, 5.74) is 0. The Morgan fingerprint density at radius 1 is 1.58 bits per heavy atom. The predicted molar refractivity (Wildman–Crippen MR) is 72.8 cm³/mol. The quantitative estimate of drug-likeness (QED) is 0.860. The molecule has 6 nitrogen and oxygen atoms in total. The number of nitrogens with zero attached hydrogens (tertiary/aromatic N) is 4. The van der Waals surface area contributed by atoms with E-state index in [-0.39, 0.29) is 0 Å². The molecular weight excluding hydrogens is 264 g/mol. The maximum absolute atomic E-state index is 11.3. The van der Waals surface area contributed by atoms with Crippen molar-refractivity contribution in [2.75, 3.05) is 5.75 Å². The molecule has 0 spiro atoms. The lowest BCUT2D eigenvalue weighted by Crippen LogP contribution is -2.24. The van der Waals surface area contributed by atoms with E-state index in [1.54, 1.807) is 4.68 Å². The Bertz CT molecular complexity index is 429. The van der Waals surface area contributed by atoms with Crippen LogP contribution < -0.4 is 0 Å². The van der Waals surface area contributed by atoms with Crippen molar-refractivity contribution >= 4 is 17.7 Å². The zero-order valence-corrected chi connectivity index (χ0v) is 12.1. The molecule has 1 aliphatic rings.